The molecule has 4 heteroatoms. The Bertz CT molecular complexity index is 575. The first-order chi connectivity index (χ1) is 10.3. The molecule has 1 fully saturated rings. The number of rotatable bonds is 7. The number of benzene rings is 1. The third-order valence-corrected chi connectivity index (χ3v) is 5.06. The van der Waals surface area contributed by atoms with Crippen LogP contribution in [-0.4, -0.2) is 22.5 Å². The van der Waals surface area contributed by atoms with Crippen LogP contribution < -0.4 is 0 Å². The van der Waals surface area contributed by atoms with Crippen molar-refractivity contribution in [1.82, 2.24) is 9.88 Å². The molecule has 1 aromatic heterocycles. The van der Waals surface area contributed by atoms with Gasteiger partial charge in [0, 0.05) is 23.5 Å². The molecule has 1 aromatic carbocycles. The van der Waals surface area contributed by atoms with Crippen LogP contribution in [0.25, 0.3) is 10.6 Å². The number of thiazole rings is 1. The van der Waals surface area contributed by atoms with Gasteiger partial charge < -0.3 is 0 Å². The van der Waals surface area contributed by atoms with Crippen molar-refractivity contribution in [2.75, 3.05) is 6.54 Å². The zero-order chi connectivity index (χ0) is 14.7. The lowest BCUT2D eigenvalue weighted by Gasteiger charge is -2.21. The Labute approximate surface area is 135 Å². The molecule has 0 saturated heterocycles. The molecule has 21 heavy (non-hydrogen) atoms. The highest BCUT2D eigenvalue weighted by Gasteiger charge is 2.28. The van der Waals surface area contributed by atoms with E-state index in [1.54, 1.807) is 11.3 Å². The van der Waals surface area contributed by atoms with Crippen LogP contribution in [0.3, 0.4) is 0 Å². The number of alkyl halides is 1. The molecular weight excluding hydrogens is 300 g/mol. The number of hydrogen-bond acceptors (Lipinski definition) is 3. The van der Waals surface area contributed by atoms with Gasteiger partial charge >= 0.3 is 0 Å². The highest BCUT2D eigenvalue weighted by molar-refractivity contribution is 7.13. The van der Waals surface area contributed by atoms with E-state index in [1.165, 1.54) is 36.9 Å². The molecule has 0 radical (unpaired) electrons. The summed E-state index contributed by atoms with van der Waals surface area (Å²) >= 11 is 7.48. The first kappa shape index (κ1) is 15.0. The summed E-state index contributed by atoms with van der Waals surface area (Å²) in [5.41, 5.74) is 3.55. The molecule has 0 amide bonds. The summed E-state index contributed by atoms with van der Waals surface area (Å²) < 4.78 is 0. The van der Waals surface area contributed by atoms with Gasteiger partial charge in [-0.2, -0.15) is 0 Å². The molecule has 112 valence electrons. The molecule has 0 N–H and O–H groups in total. The molecule has 1 aliphatic carbocycles. The summed E-state index contributed by atoms with van der Waals surface area (Å²) in [5.74, 6) is 0.488. The SMILES string of the molecule is CCCN(Cc1ccc(-c2nc(CCl)cs2)cc1)C1CC1. The molecule has 0 unspecified atom stereocenters. The predicted octanol–water partition coefficient (Wildman–Crippen LogP) is 4.92. The fraction of sp³-hybridized carbons (Fsp3) is 0.471. The first-order valence-electron chi connectivity index (χ1n) is 7.64. The van der Waals surface area contributed by atoms with Gasteiger partial charge in [-0.05, 0) is 31.4 Å². The maximum absolute atomic E-state index is 5.81. The highest BCUT2D eigenvalue weighted by atomic mass is 35.5. The van der Waals surface area contributed by atoms with Crippen molar-refractivity contribution < 1.29 is 0 Å². The van der Waals surface area contributed by atoms with E-state index in [0.717, 1.165) is 23.3 Å². The van der Waals surface area contributed by atoms with Crippen molar-refractivity contribution in [2.24, 2.45) is 0 Å². The van der Waals surface area contributed by atoms with Gasteiger partial charge in [0.2, 0.25) is 0 Å². The largest absolute Gasteiger partial charge is 0.296 e. The summed E-state index contributed by atoms with van der Waals surface area (Å²) in [5, 5.41) is 3.09. The molecule has 1 aliphatic rings. The lowest BCUT2D eigenvalue weighted by atomic mass is 10.1. The molecule has 1 saturated carbocycles. The zero-order valence-corrected chi connectivity index (χ0v) is 14.0. The van der Waals surface area contributed by atoms with E-state index >= 15 is 0 Å². The summed E-state index contributed by atoms with van der Waals surface area (Å²) in [7, 11) is 0. The lowest BCUT2D eigenvalue weighted by molar-refractivity contribution is 0.255. The van der Waals surface area contributed by atoms with Gasteiger partial charge in [0.05, 0.1) is 11.6 Å². The van der Waals surface area contributed by atoms with E-state index in [1.807, 2.05) is 5.38 Å². The van der Waals surface area contributed by atoms with Crippen LogP contribution in [0.2, 0.25) is 0 Å². The average Bonchev–Trinajstić information content (AvgIpc) is 3.25. The Morgan fingerprint density at radius 3 is 2.62 bits per heavy atom. The van der Waals surface area contributed by atoms with Gasteiger partial charge in [0.25, 0.3) is 0 Å². The molecule has 2 aromatic rings. The van der Waals surface area contributed by atoms with Crippen LogP contribution in [0.4, 0.5) is 0 Å². The normalized spacial score (nSPS) is 14.8. The summed E-state index contributed by atoms with van der Waals surface area (Å²) in [4.78, 5) is 7.15. The molecule has 1 heterocycles. The van der Waals surface area contributed by atoms with E-state index in [2.05, 4.69) is 41.1 Å². The Morgan fingerprint density at radius 1 is 1.29 bits per heavy atom. The summed E-state index contributed by atoms with van der Waals surface area (Å²) in [6.07, 6.45) is 3.98. The Kier molecular flexibility index (Phi) is 4.94. The molecule has 3 rings (SSSR count). The standard InChI is InChI=1S/C17H21ClN2S/c1-2-9-20(16-7-8-16)11-13-3-5-14(6-4-13)17-19-15(10-18)12-21-17/h3-6,12,16H,2,7-11H2,1H3. The molecule has 0 bridgehead atoms. The van der Waals surface area contributed by atoms with Gasteiger partial charge in [-0.25, -0.2) is 4.98 Å². The van der Waals surface area contributed by atoms with E-state index < -0.39 is 0 Å². The van der Waals surface area contributed by atoms with Gasteiger partial charge in [0.1, 0.15) is 5.01 Å². The minimum atomic E-state index is 0.488. The quantitative estimate of drug-likeness (QED) is 0.673. The van der Waals surface area contributed by atoms with Gasteiger partial charge in [0.15, 0.2) is 0 Å². The smallest absolute Gasteiger partial charge is 0.123 e. The number of hydrogen-bond donors (Lipinski definition) is 0. The Hall–Kier alpha value is -0.900. The first-order valence-corrected chi connectivity index (χ1v) is 9.05. The van der Waals surface area contributed by atoms with Crippen molar-refractivity contribution in [1.29, 1.82) is 0 Å². The Balaban J connectivity index is 1.68. The number of aromatic nitrogens is 1. The van der Waals surface area contributed by atoms with Crippen molar-refractivity contribution in [3.05, 3.63) is 40.9 Å². The lowest BCUT2D eigenvalue weighted by Crippen LogP contribution is -2.26. The summed E-state index contributed by atoms with van der Waals surface area (Å²) in [6.45, 7) is 4.54. The third kappa shape index (κ3) is 3.85. The van der Waals surface area contributed by atoms with Crippen molar-refractivity contribution in [2.45, 2.75) is 44.7 Å². The van der Waals surface area contributed by atoms with Crippen molar-refractivity contribution >= 4 is 22.9 Å². The van der Waals surface area contributed by atoms with E-state index in [-0.39, 0.29) is 0 Å². The van der Waals surface area contributed by atoms with E-state index in [9.17, 15) is 0 Å². The van der Waals surface area contributed by atoms with E-state index in [0.29, 0.717) is 5.88 Å². The number of halogens is 1. The van der Waals surface area contributed by atoms with E-state index in [4.69, 9.17) is 11.6 Å². The fourth-order valence-electron chi connectivity index (χ4n) is 2.61. The number of nitrogens with zero attached hydrogens (tertiary/aromatic N) is 2. The van der Waals surface area contributed by atoms with Crippen molar-refractivity contribution in [3.8, 4) is 10.6 Å². The zero-order valence-electron chi connectivity index (χ0n) is 12.4. The molecule has 0 aliphatic heterocycles. The highest BCUT2D eigenvalue weighted by Crippen LogP contribution is 2.29. The fourth-order valence-corrected chi connectivity index (χ4v) is 3.66. The van der Waals surface area contributed by atoms with Crippen molar-refractivity contribution in [3.63, 3.8) is 0 Å². The van der Waals surface area contributed by atoms with Crippen LogP contribution in [0, 0.1) is 0 Å². The van der Waals surface area contributed by atoms with Crippen LogP contribution >= 0.6 is 22.9 Å². The predicted molar refractivity (Wildman–Crippen MR) is 90.8 cm³/mol. The Morgan fingerprint density at radius 2 is 2.05 bits per heavy atom. The third-order valence-electron chi connectivity index (χ3n) is 3.85. The topological polar surface area (TPSA) is 16.1 Å². The maximum Gasteiger partial charge on any atom is 0.123 e. The average molecular weight is 321 g/mol. The second kappa shape index (κ2) is 6.91. The molecule has 0 atom stereocenters. The second-order valence-electron chi connectivity index (χ2n) is 5.68. The van der Waals surface area contributed by atoms with Crippen LogP contribution in [0.5, 0.6) is 0 Å². The molecule has 0 spiro atoms. The monoisotopic (exact) mass is 320 g/mol. The minimum absolute atomic E-state index is 0.488. The molecule has 2 nitrogen and oxygen atoms in total. The van der Waals surface area contributed by atoms with Crippen LogP contribution in [-0.2, 0) is 12.4 Å². The summed E-state index contributed by atoms with van der Waals surface area (Å²) in [6, 6.07) is 9.67. The van der Waals surface area contributed by atoms with Gasteiger partial charge in [-0.3, -0.25) is 4.90 Å². The van der Waals surface area contributed by atoms with Gasteiger partial charge in [-0.1, -0.05) is 31.2 Å². The maximum atomic E-state index is 5.81. The molecular formula is C17H21ClN2S. The van der Waals surface area contributed by atoms with Crippen LogP contribution in [0.1, 0.15) is 37.4 Å². The van der Waals surface area contributed by atoms with Crippen LogP contribution in [0.15, 0.2) is 29.6 Å². The minimum Gasteiger partial charge on any atom is -0.296 e. The second-order valence-corrected chi connectivity index (χ2v) is 6.80. The van der Waals surface area contributed by atoms with Gasteiger partial charge in [-0.15, -0.1) is 22.9 Å².